The largest absolute Gasteiger partial charge is 0.444 e. The highest BCUT2D eigenvalue weighted by Crippen LogP contribution is 2.44. The summed E-state index contributed by atoms with van der Waals surface area (Å²) in [6.45, 7) is 13.6. The van der Waals surface area contributed by atoms with Crippen molar-refractivity contribution >= 4 is 30.9 Å². The Morgan fingerprint density at radius 2 is 1.62 bits per heavy atom. The van der Waals surface area contributed by atoms with Crippen LogP contribution in [0, 0.1) is 0 Å². The van der Waals surface area contributed by atoms with Crippen LogP contribution < -0.4 is 10.8 Å². The standard InChI is InChI=1S/C15H26N3O5P/c1-14(2,3)22-12(19)16-10-9-11(24(7,8)21)17-18(10)13(20)23-15(4,5)6/h9,21H,1-8H3/p+1. The minimum Gasteiger partial charge on any atom is -0.444 e. The fourth-order valence-corrected chi connectivity index (χ4v) is 2.32. The van der Waals surface area contributed by atoms with E-state index in [0.717, 1.165) is 4.68 Å². The number of carbonyl (C=O) groups excluding carboxylic acids is 2. The van der Waals surface area contributed by atoms with Crippen LogP contribution in [0.5, 0.6) is 0 Å². The van der Waals surface area contributed by atoms with Gasteiger partial charge in [0.1, 0.15) is 17.0 Å². The van der Waals surface area contributed by atoms with Crippen LogP contribution in [-0.2, 0) is 9.47 Å². The molecule has 0 saturated heterocycles. The van der Waals surface area contributed by atoms with Gasteiger partial charge in [-0.3, -0.25) is 5.32 Å². The zero-order chi connectivity index (χ0) is 18.9. The fraction of sp³-hybridized carbons (Fsp3) is 0.667. The van der Waals surface area contributed by atoms with Crippen molar-refractivity contribution < 1.29 is 24.0 Å². The van der Waals surface area contributed by atoms with Gasteiger partial charge < -0.3 is 9.47 Å². The van der Waals surface area contributed by atoms with E-state index in [-0.39, 0.29) is 5.82 Å². The number of hydrogen-bond donors (Lipinski definition) is 2. The Kier molecular flexibility index (Phi) is 5.68. The first kappa shape index (κ1) is 20.4. The summed E-state index contributed by atoms with van der Waals surface area (Å²) in [5.74, 6) is 0.0793. The Hall–Kier alpha value is -1.66. The summed E-state index contributed by atoms with van der Waals surface area (Å²) in [6, 6.07) is 1.45. The molecule has 1 amide bonds. The molecule has 1 heterocycles. The molecule has 0 bridgehead atoms. The average molecular weight is 360 g/mol. The van der Waals surface area contributed by atoms with Crippen molar-refractivity contribution in [3.05, 3.63) is 6.07 Å². The second-order valence-electron chi connectivity index (χ2n) is 7.80. The topological polar surface area (TPSA) is 103 Å². The van der Waals surface area contributed by atoms with E-state index in [4.69, 9.17) is 9.47 Å². The van der Waals surface area contributed by atoms with Crippen LogP contribution in [0.3, 0.4) is 0 Å². The highest BCUT2D eigenvalue weighted by molar-refractivity contribution is 7.76. The van der Waals surface area contributed by atoms with E-state index in [1.807, 2.05) is 0 Å². The Morgan fingerprint density at radius 1 is 1.12 bits per heavy atom. The van der Waals surface area contributed by atoms with Crippen molar-refractivity contribution in [3.8, 4) is 0 Å². The van der Waals surface area contributed by atoms with Gasteiger partial charge in [-0.15, -0.1) is 9.78 Å². The van der Waals surface area contributed by atoms with Gasteiger partial charge in [-0.2, -0.15) is 0 Å². The first-order valence-corrected chi connectivity index (χ1v) is 10.1. The van der Waals surface area contributed by atoms with Crippen LogP contribution in [0.25, 0.3) is 0 Å². The lowest BCUT2D eigenvalue weighted by Crippen LogP contribution is -2.31. The molecule has 24 heavy (non-hydrogen) atoms. The molecule has 0 atom stereocenters. The van der Waals surface area contributed by atoms with Crippen molar-refractivity contribution in [2.75, 3.05) is 18.6 Å². The lowest BCUT2D eigenvalue weighted by atomic mass is 10.2. The molecule has 2 N–H and O–H groups in total. The minimum absolute atomic E-state index is 0.0793. The van der Waals surface area contributed by atoms with Gasteiger partial charge in [0.2, 0.25) is 5.44 Å². The molecule has 0 unspecified atom stereocenters. The maximum atomic E-state index is 12.3. The summed E-state index contributed by atoms with van der Waals surface area (Å²) >= 11 is 0. The monoisotopic (exact) mass is 360 g/mol. The third-order valence-electron chi connectivity index (χ3n) is 2.45. The molecule has 0 fully saturated rings. The zero-order valence-corrected chi connectivity index (χ0v) is 16.4. The summed E-state index contributed by atoms with van der Waals surface area (Å²) in [5.41, 5.74) is -1.09. The van der Waals surface area contributed by atoms with Crippen LogP contribution in [0.15, 0.2) is 6.07 Å². The van der Waals surface area contributed by atoms with Crippen molar-refractivity contribution in [2.24, 2.45) is 0 Å². The number of rotatable bonds is 2. The van der Waals surface area contributed by atoms with E-state index >= 15 is 0 Å². The smallest absolute Gasteiger partial charge is 0.437 e. The van der Waals surface area contributed by atoms with Gasteiger partial charge in [0, 0.05) is 6.07 Å². The second-order valence-corrected chi connectivity index (χ2v) is 11.0. The summed E-state index contributed by atoms with van der Waals surface area (Å²) in [4.78, 5) is 34.5. The second kappa shape index (κ2) is 6.69. The molecule has 9 heteroatoms. The Morgan fingerprint density at radius 3 is 2.04 bits per heavy atom. The number of anilines is 1. The van der Waals surface area contributed by atoms with Crippen LogP contribution in [-0.4, -0.2) is 51.4 Å². The number of ether oxygens (including phenoxy) is 2. The summed E-state index contributed by atoms with van der Waals surface area (Å²) in [7, 11) is -2.48. The number of aromatic nitrogens is 2. The van der Waals surface area contributed by atoms with Gasteiger partial charge >= 0.3 is 12.2 Å². The van der Waals surface area contributed by atoms with Crippen LogP contribution in [0.1, 0.15) is 41.5 Å². The number of nitrogens with one attached hydrogen (secondary N) is 1. The molecule has 0 aliphatic heterocycles. The number of carbonyl (C=O) groups is 2. The highest BCUT2D eigenvalue weighted by Gasteiger charge is 2.33. The maximum Gasteiger partial charge on any atom is 0.437 e. The molecule has 1 aromatic heterocycles. The lowest BCUT2D eigenvalue weighted by Gasteiger charge is -2.21. The van der Waals surface area contributed by atoms with Crippen LogP contribution >= 0.6 is 7.49 Å². The molecule has 0 radical (unpaired) electrons. The fourth-order valence-electron chi connectivity index (χ4n) is 1.58. The van der Waals surface area contributed by atoms with E-state index in [0.29, 0.717) is 5.44 Å². The Labute approximate surface area is 142 Å². The third-order valence-corrected chi connectivity index (χ3v) is 3.79. The van der Waals surface area contributed by atoms with Gasteiger partial charge in [0.15, 0.2) is 7.49 Å². The first-order chi connectivity index (χ1) is 10.6. The van der Waals surface area contributed by atoms with Crippen LogP contribution in [0.4, 0.5) is 15.4 Å². The van der Waals surface area contributed by atoms with Gasteiger partial charge in [-0.1, -0.05) is 0 Å². The molecule has 0 aliphatic carbocycles. The number of nitrogens with zero attached hydrogens (tertiary/aromatic N) is 2. The minimum atomic E-state index is -2.48. The predicted molar refractivity (Wildman–Crippen MR) is 94.3 cm³/mol. The van der Waals surface area contributed by atoms with Crippen LogP contribution in [0.2, 0.25) is 0 Å². The number of hydrogen-bond acceptors (Lipinski definition) is 6. The van der Waals surface area contributed by atoms with Crippen molar-refractivity contribution in [2.45, 2.75) is 52.7 Å². The molecule has 0 spiro atoms. The van der Waals surface area contributed by atoms with E-state index in [1.54, 1.807) is 54.9 Å². The van der Waals surface area contributed by atoms with Gasteiger partial charge in [0.25, 0.3) is 0 Å². The van der Waals surface area contributed by atoms with Gasteiger partial charge in [0.05, 0.1) is 13.3 Å². The maximum absolute atomic E-state index is 12.3. The SMILES string of the molecule is CC(C)(C)OC(=O)Nc1cc([P+](C)(C)O)nn1C(=O)OC(C)(C)C. The molecule has 0 saturated carbocycles. The molecule has 136 valence electrons. The Balaban J connectivity index is 3.15. The van der Waals surface area contributed by atoms with E-state index in [9.17, 15) is 14.5 Å². The lowest BCUT2D eigenvalue weighted by molar-refractivity contribution is 0.0518. The summed E-state index contributed by atoms with van der Waals surface area (Å²) in [5, 5.41) is 6.56. The average Bonchev–Trinajstić information content (AvgIpc) is 2.67. The molecule has 0 aliphatic rings. The molecular weight excluding hydrogens is 333 g/mol. The van der Waals surface area contributed by atoms with E-state index in [2.05, 4.69) is 10.4 Å². The van der Waals surface area contributed by atoms with Crippen molar-refractivity contribution in [3.63, 3.8) is 0 Å². The van der Waals surface area contributed by atoms with Crippen molar-refractivity contribution in [1.82, 2.24) is 9.78 Å². The first-order valence-electron chi connectivity index (χ1n) is 7.49. The normalized spacial score (nSPS) is 12.7. The Bertz CT molecular complexity index is 621. The zero-order valence-electron chi connectivity index (χ0n) is 15.5. The number of amides is 1. The van der Waals surface area contributed by atoms with Crippen molar-refractivity contribution in [1.29, 1.82) is 0 Å². The molecule has 8 nitrogen and oxygen atoms in total. The van der Waals surface area contributed by atoms with Gasteiger partial charge in [-0.25, -0.2) is 14.5 Å². The summed E-state index contributed by atoms with van der Waals surface area (Å²) in [6.07, 6.45) is -1.49. The molecular formula is C15H27N3O5P+. The van der Waals surface area contributed by atoms with Gasteiger partial charge in [-0.05, 0) is 41.5 Å². The predicted octanol–water partition coefficient (Wildman–Crippen LogP) is 2.82. The third kappa shape index (κ3) is 6.45. The molecule has 0 aromatic carbocycles. The molecule has 1 rings (SSSR count). The van der Waals surface area contributed by atoms with E-state index < -0.39 is 30.9 Å². The quantitative estimate of drug-likeness (QED) is 0.786. The van der Waals surface area contributed by atoms with E-state index in [1.165, 1.54) is 6.07 Å². The summed E-state index contributed by atoms with van der Waals surface area (Å²) < 4.78 is 11.4. The molecule has 1 aromatic rings. The highest BCUT2D eigenvalue weighted by atomic mass is 31.2.